The molecular formula is C15H20BrClN2O. The van der Waals surface area contributed by atoms with Crippen molar-refractivity contribution in [2.45, 2.75) is 38.5 Å². The van der Waals surface area contributed by atoms with E-state index in [0.717, 1.165) is 23.0 Å². The van der Waals surface area contributed by atoms with Gasteiger partial charge in [0.25, 0.3) is 0 Å². The highest BCUT2D eigenvalue weighted by atomic mass is 79.9. The summed E-state index contributed by atoms with van der Waals surface area (Å²) in [5.41, 5.74) is 6.63. The zero-order valence-electron chi connectivity index (χ0n) is 11.4. The fraction of sp³-hybridized carbons (Fsp3) is 0.533. The van der Waals surface area contributed by atoms with Gasteiger partial charge in [-0.1, -0.05) is 30.9 Å². The maximum atomic E-state index is 12.2. The van der Waals surface area contributed by atoms with Gasteiger partial charge in [-0.25, -0.2) is 0 Å². The Hall–Kier alpha value is -0.580. The normalized spacial score (nSPS) is 17.8. The number of nitrogens with two attached hydrogens (primary N) is 1. The van der Waals surface area contributed by atoms with E-state index in [1.807, 2.05) is 12.1 Å². The standard InChI is InChI=1S/C15H20BrClN2O/c16-12-5-4-11(8-13(12)17)19-14(20)9-15(10-18)6-2-1-3-7-15/h4-5,8H,1-3,6-7,9-10,18H2,(H,19,20). The lowest BCUT2D eigenvalue weighted by Crippen LogP contribution is -2.36. The number of amides is 1. The van der Waals surface area contributed by atoms with Gasteiger partial charge in [-0.2, -0.15) is 0 Å². The van der Waals surface area contributed by atoms with Gasteiger partial charge in [-0.05, 0) is 58.9 Å². The molecule has 0 bridgehead atoms. The molecule has 0 unspecified atom stereocenters. The molecule has 0 radical (unpaired) electrons. The van der Waals surface area contributed by atoms with Crippen LogP contribution in [0.25, 0.3) is 0 Å². The lowest BCUT2D eigenvalue weighted by atomic mass is 9.71. The molecule has 0 aromatic heterocycles. The molecule has 1 aromatic carbocycles. The van der Waals surface area contributed by atoms with Gasteiger partial charge in [-0.3, -0.25) is 4.79 Å². The van der Waals surface area contributed by atoms with Crippen molar-refractivity contribution >= 4 is 39.1 Å². The Morgan fingerprint density at radius 1 is 1.35 bits per heavy atom. The van der Waals surface area contributed by atoms with Gasteiger partial charge in [0.1, 0.15) is 0 Å². The summed E-state index contributed by atoms with van der Waals surface area (Å²) in [5.74, 6) is 0.0238. The van der Waals surface area contributed by atoms with Crippen LogP contribution in [0, 0.1) is 5.41 Å². The average Bonchev–Trinajstić information content (AvgIpc) is 2.44. The summed E-state index contributed by atoms with van der Waals surface area (Å²) in [6, 6.07) is 5.42. The third kappa shape index (κ3) is 3.96. The maximum Gasteiger partial charge on any atom is 0.224 e. The Morgan fingerprint density at radius 2 is 2.05 bits per heavy atom. The highest BCUT2D eigenvalue weighted by molar-refractivity contribution is 9.10. The number of anilines is 1. The minimum absolute atomic E-state index is 0.0124. The Bertz CT molecular complexity index is 487. The van der Waals surface area contributed by atoms with E-state index in [9.17, 15) is 4.79 Å². The zero-order valence-corrected chi connectivity index (χ0v) is 13.8. The summed E-state index contributed by atoms with van der Waals surface area (Å²) in [6.07, 6.45) is 6.21. The molecule has 0 atom stereocenters. The predicted molar refractivity (Wildman–Crippen MR) is 87.0 cm³/mol. The largest absolute Gasteiger partial charge is 0.330 e. The summed E-state index contributed by atoms with van der Waals surface area (Å²) in [5, 5.41) is 3.51. The van der Waals surface area contributed by atoms with E-state index >= 15 is 0 Å². The van der Waals surface area contributed by atoms with E-state index in [0.29, 0.717) is 18.0 Å². The smallest absolute Gasteiger partial charge is 0.224 e. The van der Waals surface area contributed by atoms with Crippen molar-refractivity contribution < 1.29 is 4.79 Å². The first-order valence-corrected chi connectivity index (χ1v) is 8.17. The van der Waals surface area contributed by atoms with Crippen LogP contribution in [0.15, 0.2) is 22.7 Å². The third-order valence-corrected chi connectivity index (χ3v) is 5.32. The quantitative estimate of drug-likeness (QED) is 0.840. The summed E-state index contributed by atoms with van der Waals surface area (Å²) >= 11 is 9.36. The molecule has 0 heterocycles. The molecule has 1 fully saturated rings. The van der Waals surface area contributed by atoms with Gasteiger partial charge >= 0.3 is 0 Å². The highest BCUT2D eigenvalue weighted by Crippen LogP contribution is 2.38. The van der Waals surface area contributed by atoms with Crippen molar-refractivity contribution in [1.82, 2.24) is 0 Å². The number of halogens is 2. The summed E-state index contributed by atoms with van der Waals surface area (Å²) in [6.45, 7) is 0.585. The molecule has 0 spiro atoms. The Kier molecular flexibility index (Phi) is 5.47. The van der Waals surface area contributed by atoms with Crippen molar-refractivity contribution in [2.75, 3.05) is 11.9 Å². The molecule has 1 saturated carbocycles. The number of hydrogen-bond donors (Lipinski definition) is 2. The van der Waals surface area contributed by atoms with Gasteiger partial charge in [0.05, 0.1) is 5.02 Å². The Labute approximate surface area is 133 Å². The molecule has 3 nitrogen and oxygen atoms in total. The molecule has 0 aliphatic heterocycles. The van der Waals surface area contributed by atoms with Crippen LogP contribution in [-0.4, -0.2) is 12.5 Å². The average molecular weight is 360 g/mol. The summed E-state index contributed by atoms with van der Waals surface area (Å²) in [7, 11) is 0. The number of carbonyl (C=O) groups is 1. The van der Waals surface area contributed by atoms with Gasteiger partial charge in [0.15, 0.2) is 0 Å². The SMILES string of the molecule is NCC1(CC(=O)Nc2ccc(Br)c(Cl)c2)CCCCC1. The molecule has 3 N–H and O–H groups in total. The molecule has 1 aromatic rings. The molecule has 20 heavy (non-hydrogen) atoms. The second-order valence-corrected chi connectivity index (χ2v) is 6.88. The van der Waals surface area contributed by atoms with Gasteiger partial charge in [0.2, 0.25) is 5.91 Å². The van der Waals surface area contributed by atoms with Crippen LogP contribution >= 0.6 is 27.5 Å². The molecular weight excluding hydrogens is 340 g/mol. The van der Waals surface area contributed by atoms with E-state index < -0.39 is 0 Å². The summed E-state index contributed by atoms with van der Waals surface area (Å²) < 4.78 is 0.822. The molecule has 2 rings (SSSR count). The predicted octanol–water partition coefficient (Wildman–Crippen LogP) is 4.34. The number of nitrogens with one attached hydrogen (secondary N) is 1. The fourth-order valence-electron chi connectivity index (χ4n) is 2.87. The second-order valence-electron chi connectivity index (χ2n) is 5.62. The lowest BCUT2D eigenvalue weighted by molar-refractivity contribution is -0.118. The van der Waals surface area contributed by atoms with Crippen LogP contribution in [0.5, 0.6) is 0 Å². The van der Waals surface area contributed by atoms with Crippen LogP contribution in [0.4, 0.5) is 5.69 Å². The van der Waals surface area contributed by atoms with Gasteiger partial charge < -0.3 is 11.1 Å². The van der Waals surface area contributed by atoms with E-state index in [-0.39, 0.29) is 11.3 Å². The second kappa shape index (κ2) is 6.92. The van der Waals surface area contributed by atoms with Crippen molar-refractivity contribution in [2.24, 2.45) is 11.1 Å². The minimum Gasteiger partial charge on any atom is -0.330 e. The molecule has 0 saturated heterocycles. The van der Waals surface area contributed by atoms with Crippen molar-refractivity contribution in [3.63, 3.8) is 0 Å². The van der Waals surface area contributed by atoms with E-state index in [1.54, 1.807) is 6.07 Å². The van der Waals surface area contributed by atoms with Gasteiger partial charge in [0, 0.05) is 16.6 Å². The van der Waals surface area contributed by atoms with Crippen LogP contribution in [0.1, 0.15) is 38.5 Å². The summed E-state index contributed by atoms with van der Waals surface area (Å²) in [4.78, 5) is 12.2. The molecule has 1 aliphatic carbocycles. The van der Waals surface area contributed by atoms with Crippen LogP contribution in [-0.2, 0) is 4.79 Å². The van der Waals surface area contributed by atoms with E-state index in [2.05, 4.69) is 21.2 Å². The van der Waals surface area contributed by atoms with Gasteiger partial charge in [-0.15, -0.1) is 0 Å². The van der Waals surface area contributed by atoms with Crippen molar-refractivity contribution in [3.05, 3.63) is 27.7 Å². The van der Waals surface area contributed by atoms with Crippen molar-refractivity contribution in [3.8, 4) is 0 Å². The van der Waals surface area contributed by atoms with E-state index in [1.165, 1.54) is 19.3 Å². The fourth-order valence-corrected chi connectivity index (χ4v) is 3.30. The monoisotopic (exact) mass is 358 g/mol. The van der Waals surface area contributed by atoms with E-state index in [4.69, 9.17) is 17.3 Å². The van der Waals surface area contributed by atoms with Crippen molar-refractivity contribution in [1.29, 1.82) is 0 Å². The maximum absolute atomic E-state index is 12.2. The first-order chi connectivity index (χ1) is 9.54. The topological polar surface area (TPSA) is 55.1 Å². The van der Waals surface area contributed by atoms with Crippen LogP contribution in [0.3, 0.4) is 0 Å². The first-order valence-electron chi connectivity index (χ1n) is 7.00. The molecule has 5 heteroatoms. The van der Waals surface area contributed by atoms with Crippen LogP contribution < -0.4 is 11.1 Å². The first kappa shape index (κ1) is 15.8. The minimum atomic E-state index is -0.0124. The molecule has 1 amide bonds. The number of hydrogen-bond acceptors (Lipinski definition) is 2. The highest BCUT2D eigenvalue weighted by Gasteiger charge is 2.32. The lowest BCUT2D eigenvalue weighted by Gasteiger charge is -2.35. The molecule has 110 valence electrons. The number of rotatable bonds is 4. The Morgan fingerprint density at radius 3 is 2.65 bits per heavy atom. The number of benzene rings is 1. The van der Waals surface area contributed by atoms with Crippen LogP contribution in [0.2, 0.25) is 5.02 Å². The molecule has 1 aliphatic rings. The third-order valence-electron chi connectivity index (χ3n) is 4.09. The zero-order chi connectivity index (χ0) is 14.6. The Balaban J connectivity index is 1.98. The number of carbonyl (C=O) groups excluding carboxylic acids is 1.